The number of imidazole rings is 1. The van der Waals surface area contributed by atoms with Crippen LogP contribution in [0, 0.1) is 5.41 Å². The van der Waals surface area contributed by atoms with Gasteiger partial charge in [0.05, 0.1) is 18.5 Å². The highest BCUT2D eigenvalue weighted by Gasteiger charge is 2.62. The van der Waals surface area contributed by atoms with Gasteiger partial charge in [-0.05, 0) is 44.4 Å². The third-order valence-electron chi connectivity index (χ3n) is 5.42. The number of aromatic nitrogens is 4. The lowest BCUT2D eigenvalue weighted by Crippen LogP contribution is -2.51. The predicted octanol–water partition coefficient (Wildman–Crippen LogP) is 3.32. The van der Waals surface area contributed by atoms with Crippen molar-refractivity contribution in [2.24, 2.45) is 5.41 Å². The van der Waals surface area contributed by atoms with Crippen LogP contribution in [0.25, 0.3) is 11.2 Å². The maximum absolute atomic E-state index is 10.9. The van der Waals surface area contributed by atoms with Crippen LogP contribution < -0.4 is 5.73 Å². The van der Waals surface area contributed by atoms with Crippen molar-refractivity contribution in [2.75, 3.05) is 12.3 Å². The summed E-state index contributed by atoms with van der Waals surface area (Å²) in [5.41, 5.74) is 5.53. The summed E-state index contributed by atoms with van der Waals surface area (Å²) in [6, 6.07) is 0. The van der Waals surface area contributed by atoms with Gasteiger partial charge < -0.3 is 24.6 Å². The number of nitrogens with zero attached hydrogens (tertiary/aromatic N) is 4. The minimum atomic E-state index is -3.58. The Labute approximate surface area is 193 Å². The molecule has 0 radical (unpaired) electrons. The van der Waals surface area contributed by atoms with Gasteiger partial charge in [0, 0.05) is 6.42 Å². The summed E-state index contributed by atoms with van der Waals surface area (Å²) in [6.07, 6.45) is 2.52. The zero-order valence-corrected chi connectivity index (χ0v) is 21.0. The number of hydrogen-bond donors (Lipinski definition) is 2. The summed E-state index contributed by atoms with van der Waals surface area (Å²) in [4.78, 5) is 23.6. The maximum Gasteiger partial charge on any atom is 0.325 e. The lowest BCUT2D eigenvalue weighted by atomic mass is 9.76. The second-order valence-corrected chi connectivity index (χ2v) is 13.4. The average molecular weight is 486 g/mol. The van der Waals surface area contributed by atoms with Gasteiger partial charge in [-0.3, -0.25) is 9.09 Å². The van der Waals surface area contributed by atoms with Crippen LogP contribution >= 0.6 is 6.72 Å². The van der Waals surface area contributed by atoms with E-state index in [1.165, 1.54) is 6.33 Å². The molecule has 0 spiro atoms. The molecular weight excluding hydrogens is 453 g/mol. The Bertz CT molecular complexity index is 1050. The van der Waals surface area contributed by atoms with E-state index >= 15 is 0 Å². The zero-order valence-electron chi connectivity index (χ0n) is 19.3. The zero-order chi connectivity index (χ0) is 23.5. The highest BCUT2D eigenvalue weighted by atomic mass is 32.5. The topological polar surface area (TPSA) is 127 Å². The largest absolute Gasteiger partial charge is 0.382 e. The quantitative estimate of drug-likeness (QED) is 0.609. The van der Waals surface area contributed by atoms with Crippen LogP contribution in [-0.4, -0.2) is 54.4 Å². The summed E-state index contributed by atoms with van der Waals surface area (Å²) >= 11 is 5.38. The van der Waals surface area contributed by atoms with E-state index in [-0.39, 0.29) is 11.2 Å². The van der Waals surface area contributed by atoms with Crippen molar-refractivity contribution in [1.82, 2.24) is 19.5 Å². The minimum absolute atomic E-state index is 0.0785. The molecule has 3 N–H and O–H groups in total. The molecule has 10 nitrogen and oxygen atoms in total. The number of fused-ring (bicyclic) bond motifs is 3. The lowest BCUT2D eigenvalue weighted by molar-refractivity contribution is -0.134. The van der Waals surface area contributed by atoms with Crippen LogP contribution in [0.2, 0.25) is 0 Å². The first-order valence-electron chi connectivity index (χ1n) is 10.6. The number of hydrogen-bond acceptors (Lipinski definition) is 9. The molecule has 5 atom stereocenters. The van der Waals surface area contributed by atoms with Crippen molar-refractivity contribution in [3.8, 4) is 0 Å². The molecule has 0 amide bonds. The van der Waals surface area contributed by atoms with Gasteiger partial charge in [0.1, 0.15) is 29.7 Å². The van der Waals surface area contributed by atoms with Crippen molar-refractivity contribution in [3.05, 3.63) is 12.7 Å². The first-order chi connectivity index (χ1) is 14.7. The molecule has 2 aliphatic rings. The molecule has 2 aromatic heterocycles. The second-order valence-electron chi connectivity index (χ2n) is 10.7. The SMILES string of the molecule is CC(C)(C)C[C@@]12CCOC([C@H](n3cnc4c(N)ncnc43)O1)[C@H]2OP(O)(=S)OC(C)(C)C. The van der Waals surface area contributed by atoms with Gasteiger partial charge in [-0.2, -0.15) is 0 Å². The molecule has 2 saturated heterocycles. The summed E-state index contributed by atoms with van der Waals surface area (Å²) in [5.74, 6) is 0.289. The van der Waals surface area contributed by atoms with E-state index in [9.17, 15) is 4.89 Å². The van der Waals surface area contributed by atoms with Crippen LogP contribution in [0.15, 0.2) is 12.7 Å². The molecule has 12 heteroatoms. The third-order valence-corrected chi connectivity index (χ3v) is 7.17. The van der Waals surface area contributed by atoms with Crippen molar-refractivity contribution in [1.29, 1.82) is 0 Å². The Hall–Kier alpha value is -1.20. The summed E-state index contributed by atoms with van der Waals surface area (Å²) < 4.78 is 26.5. The summed E-state index contributed by atoms with van der Waals surface area (Å²) in [6.45, 7) is 8.81. The molecule has 2 bridgehead atoms. The number of nitrogens with two attached hydrogens (primary N) is 1. The lowest BCUT2D eigenvalue weighted by Gasteiger charge is -2.43. The molecular formula is C20H32N5O5PS. The van der Waals surface area contributed by atoms with Gasteiger partial charge in [0.25, 0.3) is 0 Å². The standard InChI is InChI=1S/C20H32N5O5PS/c1-18(2,3)9-20-7-8-27-13(14(20)29-31(26,32)30-19(4,5)6)17(28-20)25-11-24-12-15(21)22-10-23-16(12)25/h10-11,13-14,17H,7-9H2,1-6H3,(H,26,32)(H2,21,22,23)/t13?,14-,17-,20-,31?/m1/s1. The van der Waals surface area contributed by atoms with Crippen molar-refractivity contribution in [2.45, 2.75) is 84.0 Å². The van der Waals surface area contributed by atoms with E-state index in [0.717, 1.165) is 0 Å². The molecule has 0 aliphatic carbocycles. The van der Waals surface area contributed by atoms with Crippen LogP contribution in [0.1, 0.15) is 60.6 Å². The monoisotopic (exact) mass is 485 g/mol. The Kier molecular flexibility index (Phi) is 5.94. The predicted molar refractivity (Wildman–Crippen MR) is 123 cm³/mol. The van der Waals surface area contributed by atoms with Gasteiger partial charge >= 0.3 is 6.72 Å². The normalized spacial score (nSPS) is 30.5. The molecule has 2 aliphatic heterocycles. The Morgan fingerprint density at radius 3 is 2.66 bits per heavy atom. The average Bonchev–Trinajstić information content (AvgIpc) is 3.07. The second kappa shape index (κ2) is 7.94. The third kappa shape index (κ3) is 4.70. The van der Waals surface area contributed by atoms with E-state index in [1.54, 1.807) is 10.9 Å². The minimum Gasteiger partial charge on any atom is -0.382 e. The molecule has 4 heterocycles. The van der Waals surface area contributed by atoms with Crippen LogP contribution in [0.3, 0.4) is 0 Å². The first-order valence-corrected chi connectivity index (χ1v) is 13.2. The van der Waals surface area contributed by atoms with Crippen LogP contribution in [-0.2, 0) is 30.3 Å². The molecule has 2 unspecified atom stereocenters. The molecule has 2 fully saturated rings. The number of anilines is 1. The Morgan fingerprint density at radius 2 is 2.00 bits per heavy atom. The fourth-order valence-corrected chi connectivity index (χ4v) is 6.91. The molecule has 0 aromatic carbocycles. The molecule has 32 heavy (non-hydrogen) atoms. The van der Waals surface area contributed by atoms with Gasteiger partial charge in [0.2, 0.25) is 0 Å². The van der Waals surface area contributed by atoms with E-state index in [1.807, 2.05) is 20.8 Å². The van der Waals surface area contributed by atoms with E-state index in [4.69, 9.17) is 36.1 Å². The fraction of sp³-hybridized carbons (Fsp3) is 0.750. The molecule has 4 rings (SSSR count). The molecule has 0 saturated carbocycles. The van der Waals surface area contributed by atoms with Crippen LogP contribution in [0.4, 0.5) is 5.82 Å². The van der Waals surface area contributed by atoms with Crippen molar-refractivity contribution < 1.29 is 23.4 Å². The number of nitrogen functional groups attached to an aromatic ring is 1. The molecule has 178 valence electrons. The van der Waals surface area contributed by atoms with Crippen molar-refractivity contribution in [3.63, 3.8) is 0 Å². The fourth-order valence-electron chi connectivity index (χ4n) is 4.63. The van der Waals surface area contributed by atoms with Gasteiger partial charge in [-0.15, -0.1) is 0 Å². The van der Waals surface area contributed by atoms with E-state index in [2.05, 4.69) is 35.7 Å². The first kappa shape index (κ1) is 23.9. The van der Waals surface area contributed by atoms with Gasteiger partial charge in [0.15, 0.2) is 17.7 Å². The van der Waals surface area contributed by atoms with Crippen LogP contribution in [0.5, 0.6) is 0 Å². The Balaban J connectivity index is 1.75. The summed E-state index contributed by atoms with van der Waals surface area (Å²) in [7, 11) is 0. The molecule has 2 aromatic rings. The van der Waals surface area contributed by atoms with Crippen molar-refractivity contribution >= 4 is 35.5 Å². The highest BCUT2D eigenvalue weighted by molar-refractivity contribution is 8.07. The number of ether oxygens (including phenoxy) is 2. The smallest absolute Gasteiger partial charge is 0.325 e. The Morgan fingerprint density at radius 1 is 1.28 bits per heavy atom. The highest BCUT2D eigenvalue weighted by Crippen LogP contribution is 2.58. The summed E-state index contributed by atoms with van der Waals surface area (Å²) in [5, 5.41) is 0. The van der Waals surface area contributed by atoms with Gasteiger partial charge in [-0.1, -0.05) is 20.8 Å². The van der Waals surface area contributed by atoms with Gasteiger partial charge in [-0.25, -0.2) is 15.0 Å². The number of rotatable bonds is 5. The van der Waals surface area contributed by atoms with E-state index < -0.39 is 36.4 Å². The van der Waals surface area contributed by atoms with E-state index in [0.29, 0.717) is 30.6 Å². The maximum atomic E-state index is 10.9.